The normalized spacial score (nSPS) is 11.5. The zero-order valence-corrected chi connectivity index (χ0v) is 38.5. The summed E-state index contributed by atoms with van der Waals surface area (Å²) >= 11 is 0. The minimum atomic E-state index is 0.643. The van der Waals surface area contributed by atoms with Gasteiger partial charge in [0.15, 0.2) is 0 Å². The van der Waals surface area contributed by atoms with Gasteiger partial charge in [-0.1, -0.05) is 57.2 Å². The maximum absolute atomic E-state index is 5.58. The molecule has 0 saturated heterocycles. The van der Waals surface area contributed by atoms with Crippen LogP contribution in [0, 0.1) is 0 Å². The SMILES string of the molecule is CCc1c(Cn2c(-c3ccc(OC)cc3)nc3ccccc32)c(CC)c(Cn2c(-c3ccc(OC)cc3)nc3ccccc32)c(CC)c1Cn1c(-c2ccc(OC)cc2)nc2ccccc21. The molecule has 330 valence electrons. The molecule has 0 N–H and O–H groups in total. The summed E-state index contributed by atoms with van der Waals surface area (Å²) in [6.45, 7) is 8.88. The number of methoxy groups -OCH3 is 3. The molecule has 9 nitrogen and oxygen atoms in total. The van der Waals surface area contributed by atoms with E-state index in [4.69, 9.17) is 29.2 Å². The van der Waals surface area contributed by atoms with E-state index in [2.05, 4.69) is 144 Å². The highest BCUT2D eigenvalue weighted by Crippen LogP contribution is 2.38. The van der Waals surface area contributed by atoms with Gasteiger partial charge in [0.05, 0.1) is 74.1 Å². The number of hydrogen-bond donors (Lipinski definition) is 0. The number of benzene rings is 7. The molecule has 3 heterocycles. The predicted molar refractivity (Wildman–Crippen MR) is 267 cm³/mol. The molecule has 0 saturated carbocycles. The minimum absolute atomic E-state index is 0.643. The average Bonchev–Trinajstić information content (AvgIpc) is 4.06. The van der Waals surface area contributed by atoms with Crippen molar-refractivity contribution in [3.05, 3.63) is 179 Å². The van der Waals surface area contributed by atoms with Gasteiger partial charge in [0.1, 0.15) is 34.7 Å². The Morgan fingerprint density at radius 3 is 0.833 bits per heavy atom. The van der Waals surface area contributed by atoms with E-state index in [-0.39, 0.29) is 0 Å². The van der Waals surface area contributed by atoms with Crippen LogP contribution in [0.4, 0.5) is 0 Å². The van der Waals surface area contributed by atoms with E-state index in [0.29, 0.717) is 19.6 Å². The van der Waals surface area contributed by atoms with Crippen LogP contribution in [0.2, 0.25) is 0 Å². The molecule has 0 radical (unpaired) electrons. The van der Waals surface area contributed by atoms with Crippen molar-refractivity contribution in [2.45, 2.75) is 59.7 Å². The highest BCUT2D eigenvalue weighted by molar-refractivity contribution is 5.83. The van der Waals surface area contributed by atoms with E-state index in [1.165, 1.54) is 33.4 Å². The fourth-order valence-electron chi connectivity index (χ4n) is 10.0. The second-order valence-electron chi connectivity index (χ2n) is 16.6. The smallest absolute Gasteiger partial charge is 0.141 e. The van der Waals surface area contributed by atoms with Crippen LogP contribution in [-0.2, 0) is 38.9 Å². The van der Waals surface area contributed by atoms with Gasteiger partial charge in [-0.3, -0.25) is 0 Å². The van der Waals surface area contributed by atoms with Crippen molar-refractivity contribution in [2.75, 3.05) is 21.3 Å². The number of aromatic nitrogens is 6. The first-order valence-electron chi connectivity index (χ1n) is 22.9. The van der Waals surface area contributed by atoms with Crippen molar-refractivity contribution in [1.29, 1.82) is 0 Å². The molecule has 0 bridgehead atoms. The summed E-state index contributed by atoms with van der Waals surface area (Å²) in [6, 6.07) is 50.3. The fourth-order valence-corrected chi connectivity index (χ4v) is 10.0. The molecule has 0 unspecified atom stereocenters. The molecule has 0 aliphatic rings. The van der Waals surface area contributed by atoms with Gasteiger partial charge in [0.25, 0.3) is 0 Å². The maximum Gasteiger partial charge on any atom is 0.141 e. The van der Waals surface area contributed by atoms with Crippen LogP contribution in [0.5, 0.6) is 17.2 Å². The molecule has 0 amide bonds. The van der Waals surface area contributed by atoms with Gasteiger partial charge in [0, 0.05) is 16.7 Å². The molecule has 0 aliphatic heterocycles. The van der Waals surface area contributed by atoms with Crippen LogP contribution in [0.1, 0.15) is 54.2 Å². The zero-order valence-electron chi connectivity index (χ0n) is 38.5. The topological polar surface area (TPSA) is 81.2 Å². The third-order valence-electron chi connectivity index (χ3n) is 13.2. The van der Waals surface area contributed by atoms with Gasteiger partial charge in [-0.15, -0.1) is 0 Å². The van der Waals surface area contributed by atoms with Crippen LogP contribution in [0.25, 0.3) is 67.3 Å². The Labute approximate surface area is 385 Å². The van der Waals surface area contributed by atoms with Gasteiger partial charge < -0.3 is 27.9 Å². The van der Waals surface area contributed by atoms with E-state index in [0.717, 1.165) is 104 Å². The Morgan fingerprint density at radius 2 is 0.591 bits per heavy atom. The molecule has 0 atom stereocenters. The quantitative estimate of drug-likeness (QED) is 0.102. The Kier molecular flexibility index (Phi) is 11.6. The average molecular weight is 871 g/mol. The lowest BCUT2D eigenvalue weighted by Gasteiger charge is -2.28. The van der Waals surface area contributed by atoms with Crippen molar-refractivity contribution in [2.24, 2.45) is 0 Å². The standard InChI is InChI=1S/C57H54N6O3/c1-7-43-46(34-61-52-19-13-10-16-49(52)58-55(61)37-22-28-40(64-4)29-23-37)44(8-2)48(36-63-54-21-15-12-18-51(54)60-57(63)39-26-32-42(66-6)33-27-39)45(9-3)47(43)35-62-53-20-14-11-17-50(53)59-56(62)38-24-30-41(65-5)31-25-38/h10-33H,7-9,34-36H2,1-6H3. The first kappa shape index (κ1) is 42.3. The van der Waals surface area contributed by atoms with E-state index in [1.54, 1.807) is 21.3 Å². The van der Waals surface area contributed by atoms with Crippen molar-refractivity contribution in [3.63, 3.8) is 0 Å². The van der Waals surface area contributed by atoms with Crippen LogP contribution >= 0.6 is 0 Å². The lowest BCUT2D eigenvalue weighted by Crippen LogP contribution is -2.19. The summed E-state index contributed by atoms with van der Waals surface area (Å²) in [5.74, 6) is 5.22. The molecule has 7 aromatic carbocycles. The summed E-state index contributed by atoms with van der Waals surface area (Å²) in [7, 11) is 5.12. The van der Waals surface area contributed by atoms with Gasteiger partial charge in [0.2, 0.25) is 0 Å². The summed E-state index contributed by atoms with van der Waals surface area (Å²) in [6.07, 6.45) is 2.56. The van der Waals surface area contributed by atoms with Gasteiger partial charge in [-0.25, -0.2) is 15.0 Å². The highest BCUT2D eigenvalue weighted by atomic mass is 16.5. The summed E-state index contributed by atoms with van der Waals surface area (Å²) in [4.78, 5) is 15.9. The van der Waals surface area contributed by atoms with Crippen molar-refractivity contribution in [1.82, 2.24) is 28.7 Å². The third kappa shape index (κ3) is 7.54. The molecule has 9 heteroatoms. The van der Waals surface area contributed by atoms with Crippen LogP contribution in [-0.4, -0.2) is 50.0 Å². The van der Waals surface area contributed by atoms with Crippen LogP contribution in [0.3, 0.4) is 0 Å². The van der Waals surface area contributed by atoms with E-state index < -0.39 is 0 Å². The number of nitrogens with zero attached hydrogens (tertiary/aromatic N) is 6. The van der Waals surface area contributed by atoms with E-state index in [9.17, 15) is 0 Å². The van der Waals surface area contributed by atoms with E-state index in [1.807, 2.05) is 36.4 Å². The summed E-state index contributed by atoms with van der Waals surface area (Å²) < 4.78 is 24.0. The first-order chi connectivity index (χ1) is 32.4. The molecule has 0 aliphatic carbocycles. The molecule has 0 spiro atoms. The van der Waals surface area contributed by atoms with Crippen molar-refractivity contribution in [3.8, 4) is 51.4 Å². The molecule has 10 aromatic rings. The Hall–Kier alpha value is -7.65. The van der Waals surface area contributed by atoms with Crippen LogP contribution < -0.4 is 14.2 Å². The highest BCUT2D eigenvalue weighted by Gasteiger charge is 2.27. The number of para-hydroxylation sites is 6. The largest absolute Gasteiger partial charge is 0.497 e. The predicted octanol–water partition coefficient (Wildman–Crippen LogP) is 12.6. The maximum atomic E-state index is 5.58. The molecule has 10 rings (SSSR count). The summed E-state index contributed by atoms with van der Waals surface area (Å²) in [5.41, 5.74) is 17.4. The lowest BCUT2D eigenvalue weighted by molar-refractivity contribution is 0.414. The number of fused-ring (bicyclic) bond motifs is 3. The van der Waals surface area contributed by atoms with Crippen molar-refractivity contribution >= 4 is 33.1 Å². The molecular formula is C57H54N6O3. The number of imidazole rings is 3. The second-order valence-corrected chi connectivity index (χ2v) is 16.6. The molecular weight excluding hydrogens is 817 g/mol. The minimum Gasteiger partial charge on any atom is -0.497 e. The second kappa shape index (κ2) is 18.1. The lowest BCUT2D eigenvalue weighted by atomic mass is 9.82. The monoisotopic (exact) mass is 870 g/mol. The van der Waals surface area contributed by atoms with Crippen LogP contribution in [0.15, 0.2) is 146 Å². The summed E-state index contributed by atoms with van der Waals surface area (Å²) in [5, 5.41) is 0. The van der Waals surface area contributed by atoms with E-state index >= 15 is 0 Å². The molecule has 0 fully saturated rings. The molecule has 3 aromatic heterocycles. The Bertz CT molecular complexity index is 2970. The third-order valence-corrected chi connectivity index (χ3v) is 13.2. The Morgan fingerprint density at radius 1 is 0.333 bits per heavy atom. The van der Waals surface area contributed by atoms with Crippen molar-refractivity contribution < 1.29 is 14.2 Å². The number of ether oxygens (including phenoxy) is 3. The molecule has 66 heavy (non-hydrogen) atoms. The van der Waals surface area contributed by atoms with Gasteiger partial charge in [-0.2, -0.15) is 0 Å². The van der Waals surface area contributed by atoms with Gasteiger partial charge >= 0.3 is 0 Å². The Balaban J connectivity index is 1.24. The number of hydrogen-bond acceptors (Lipinski definition) is 6. The zero-order chi connectivity index (χ0) is 45.3. The number of rotatable bonds is 15. The van der Waals surface area contributed by atoms with Gasteiger partial charge in [-0.05, 0) is 162 Å². The first-order valence-corrected chi connectivity index (χ1v) is 22.9. The fraction of sp³-hybridized carbons (Fsp3) is 0.211.